The van der Waals surface area contributed by atoms with Crippen LogP contribution in [0.2, 0.25) is 0 Å². The van der Waals surface area contributed by atoms with Crippen molar-refractivity contribution in [1.82, 2.24) is 0 Å². The molecule has 1 amide bonds. The Morgan fingerprint density at radius 2 is 2.35 bits per heavy atom. The van der Waals surface area contributed by atoms with Crippen LogP contribution in [0.1, 0.15) is 24.5 Å². The van der Waals surface area contributed by atoms with E-state index < -0.39 is 5.38 Å². The number of alkyl halides is 1. The minimum Gasteiger partial charge on any atom is -0.392 e. The summed E-state index contributed by atoms with van der Waals surface area (Å²) < 4.78 is 0. The number of amides is 1. The van der Waals surface area contributed by atoms with Crippen molar-refractivity contribution in [1.29, 1.82) is 0 Å². The Bertz CT molecular complexity index is 433. The Balaban J connectivity index is 2.31. The van der Waals surface area contributed by atoms with Crippen LogP contribution in [0.15, 0.2) is 18.2 Å². The van der Waals surface area contributed by atoms with E-state index in [0.717, 1.165) is 23.2 Å². The van der Waals surface area contributed by atoms with Crippen molar-refractivity contribution < 1.29 is 9.90 Å². The lowest BCUT2D eigenvalue weighted by Gasteiger charge is -2.20. The highest BCUT2D eigenvalue weighted by atomic mass is 35.5. The highest BCUT2D eigenvalue weighted by Gasteiger charge is 2.29. The van der Waals surface area contributed by atoms with Crippen LogP contribution in [-0.4, -0.2) is 22.9 Å². The van der Waals surface area contributed by atoms with E-state index in [1.807, 2.05) is 25.1 Å². The maximum atomic E-state index is 12.1. The molecular formula is C13H16ClNO2. The fraction of sp³-hybridized carbons (Fsp3) is 0.462. The molecule has 0 bridgehead atoms. The molecule has 1 aromatic rings. The third-order valence-corrected chi connectivity index (χ3v) is 3.68. The van der Waals surface area contributed by atoms with E-state index in [1.54, 1.807) is 4.90 Å². The smallest absolute Gasteiger partial charge is 0.245 e. The van der Waals surface area contributed by atoms with Gasteiger partial charge < -0.3 is 10.0 Å². The Morgan fingerprint density at radius 1 is 1.59 bits per heavy atom. The molecule has 0 radical (unpaired) electrons. The number of aliphatic hydroxyl groups is 1. The first-order valence-electron chi connectivity index (χ1n) is 5.86. The summed E-state index contributed by atoms with van der Waals surface area (Å²) in [7, 11) is 0. The lowest BCUT2D eigenvalue weighted by atomic mass is 10.1. The number of benzene rings is 1. The summed E-state index contributed by atoms with van der Waals surface area (Å²) in [5.74, 6) is -0.0389. The lowest BCUT2D eigenvalue weighted by molar-refractivity contribution is -0.118. The molecule has 17 heavy (non-hydrogen) atoms. The molecule has 0 spiro atoms. The van der Waals surface area contributed by atoms with E-state index in [-0.39, 0.29) is 12.5 Å². The predicted octanol–water partition coefficient (Wildman–Crippen LogP) is 2.09. The number of hydrogen-bond acceptors (Lipinski definition) is 2. The number of hydrogen-bond donors (Lipinski definition) is 1. The summed E-state index contributed by atoms with van der Waals surface area (Å²) in [6.45, 7) is 2.58. The number of nitrogens with zero attached hydrogens (tertiary/aromatic N) is 1. The van der Waals surface area contributed by atoms with Crippen molar-refractivity contribution in [2.45, 2.75) is 31.7 Å². The maximum Gasteiger partial charge on any atom is 0.245 e. The summed E-state index contributed by atoms with van der Waals surface area (Å²) in [4.78, 5) is 13.8. The fourth-order valence-corrected chi connectivity index (χ4v) is 2.35. The van der Waals surface area contributed by atoms with Gasteiger partial charge in [-0.25, -0.2) is 0 Å². The largest absolute Gasteiger partial charge is 0.392 e. The fourth-order valence-electron chi connectivity index (χ4n) is 2.23. The van der Waals surface area contributed by atoms with Crippen LogP contribution in [0.25, 0.3) is 0 Å². The molecule has 1 aromatic carbocycles. The van der Waals surface area contributed by atoms with Crippen LogP contribution in [0, 0.1) is 0 Å². The van der Waals surface area contributed by atoms with E-state index >= 15 is 0 Å². The van der Waals surface area contributed by atoms with Crippen LogP contribution >= 0.6 is 11.6 Å². The van der Waals surface area contributed by atoms with E-state index in [0.29, 0.717) is 13.0 Å². The van der Waals surface area contributed by atoms with E-state index in [1.165, 1.54) is 0 Å². The maximum absolute atomic E-state index is 12.1. The number of halogens is 1. The zero-order chi connectivity index (χ0) is 12.4. The van der Waals surface area contributed by atoms with Gasteiger partial charge in [-0.05, 0) is 30.0 Å². The van der Waals surface area contributed by atoms with Gasteiger partial charge in [-0.1, -0.05) is 19.1 Å². The second kappa shape index (κ2) is 5.07. The highest BCUT2D eigenvalue weighted by Crippen LogP contribution is 2.31. The number of aliphatic hydroxyl groups excluding tert-OH is 1. The average molecular weight is 254 g/mol. The van der Waals surface area contributed by atoms with Crippen molar-refractivity contribution in [2.24, 2.45) is 0 Å². The average Bonchev–Trinajstić information content (AvgIpc) is 2.80. The molecule has 2 rings (SSSR count). The molecule has 0 aromatic heterocycles. The van der Waals surface area contributed by atoms with Gasteiger partial charge in [0, 0.05) is 12.2 Å². The molecule has 92 valence electrons. The number of rotatable bonds is 3. The molecular weight excluding hydrogens is 238 g/mol. The van der Waals surface area contributed by atoms with Gasteiger partial charge in [-0.2, -0.15) is 0 Å². The van der Waals surface area contributed by atoms with Gasteiger partial charge in [0.1, 0.15) is 5.38 Å². The topological polar surface area (TPSA) is 40.5 Å². The molecule has 1 atom stereocenters. The molecule has 3 nitrogen and oxygen atoms in total. The molecule has 1 aliphatic rings. The predicted molar refractivity (Wildman–Crippen MR) is 68.4 cm³/mol. The SMILES string of the molecule is CC[C@@H](Cl)C(=O)N1CCc2c(CO)cccc21. The van der Waals surface area contributed by atoms with Gasteiger partial charge in [0.25, 0.3) is 0 Å². The van der Waals surface area contributed by atoms with Crippen LogP contribution in [0.5, 0.6) is 0 Å². The van der Waals surface area contributed by atoms with Gasteiger partial charge in [-0.3, -0.25) is 4.79 Å². The minimum absolute atomic E-state index is 0.0171. The molecule has 1 aliphatic heterocycles. The lowest BCUT2D eigenvalue weighted by Crippen LogP contribution is -2.35. The zero-order valence-electron chi connectivity index (χ0n) is 9.82. The van der Waals surface area contributed by atoms with Crippen molar-refractivity contribution in [2.75, 3.05) is 11.4 Å². The van der Waals surface area contributed by atoms with Crippen molar-refractivity contribution in [3.05, 3.63) is 29.3 Å². The van der Waals surface area contributed by atoms with Crippen LogP contribution in [-0.2, 0) is 17.8 Å². The first-order valence-corrected chi connectivity index (χ1v) is 6.29. The van der Waals surface area contributed by atoms with E-state index in [4.69, 9.17) is 11.6 Å². The molecule has 1 N–H and O–H groups in total. The number of carbonyl (C=O) groups excluding carboxylic acids is 1. The molecule has 0 aliphatic carbocycles. The molecule has 1 heterocycles. The van der Waals surface area contributed by atoms with E-state index in [9.17, 15) is 9.90 Å². The van der Waals surface area contributed by atoms with Crippen molar-refractivity contribution in [3.8, 4) is 0 Å². The molecule has 0 unspecified atom stereocenters. The van der Waals surface area contributed by atoms with Gasteiger partial charge in [0.2, 0.25) is 5.91 Å². The van der Waals surface area contributed by atoms with Gasteiger partial charge >= 0.3 is 0 Å². The number of fused-ring (bicyclic) bond motifs is 1. The zero-order valence-corrected chi connectivity index (χ0v) is 10.6. The Kier molecular flexibility index (Phi) is 3.69. The third-order valence-electron chi connectivity index (χ3n) is 3.19. The van der Waals surface area contributed by atoms with Gasteiger partial charge in [0.15, 0.2) is 0 Å². The second-order valence-electron chi connectivity index (χ2n) is 4.19. The summed E-state index contributed by atoms with van der Waals surface area (Å²) in [6.07, 6.45) is 1.43. The number of anilines is 1. The van der Waals surface area contributed by atoms with Gasteiger partial charge in [-0.15, -0.1) is 11.6 Å². The highest BCUT2D eigenvalue weighted by molar-refractivity contribution is 6.32. The van der Waals surface area contributed by atoms with Crippen molar-refractivity contribution >= 4 is 23.2 Å². The normalized spacial score (nSPS) is 15.8. The summed E-state index contributed by atoms with van der Waals surface area (Å²) in [5, 5.41) is 8.79. The second-order valence-corrected chi connectivity index (χ2v) is 4.72. The standard InChI is InChI=1S/C13H16ClNO2/c1-2-11(14)13(17)15-7-6-10-9(8-16)4-3-5-12(10)15/h3-5,11,16H,2,6-8H2,1H3/t11-/m1/s1. The molecule has 4 heteroatoms. The minimum atomic E-state index is -0.460. The van der Waals surface area contributed by atoms with Gasteiger partial charge in [0.05, 0.1) is 6.61 Å². The Labute approximate surface area is 106 Å². The van der Waals surface area contributed by atoms with Crippen LogP contribution in [0.3, 0.4) is 0 Å². The van der Waals surface area contributed by atoms with Crippen LogP contribution < -0.4 is 4.90 Å². The summed E-state index contributed by atoms with van der Waals surface area (Å²) in [6, 6.07) is 5.68. The first kappa shape index (κ1) is 12.4. The number of carbonyl (C=O) groups is 1. The first-order chi connectivity index (χ1) is 8.19. The molecule has 0 fully saturated rings. The monoisotopic (exact) mass is 253 g/mol. The molecule has 0 saturated heterocycles. The summed E-state index contributed by atoms with van der Waals surface area (Å²) in [5.41, 5.74) is 2.88. The van der Waals surface area contributed by atoms with Crippen molar-refractivity contribution in [3.63, 3.8) is 0 Å². The van der Waals surface area contributed by atoms with E-state index in [2.05, 4.69) is 0 Å². The van der Waals surface area contributed by atoms with Crippen LogP contribution in [0.4, 0.5) is 5.69 Å². The molecule has 0 saturated carbocycles. The summed E-state index contributed by atoms with van der Waals surface area (Å²) >= 11 is 6.00. The Morgan fingerprint density at radius 3 is 3.00 bits per heavy atom. The third kappa shape index (κ3) is 2.17. The quantitative estimate of drug-likeness (QED) is 0.838. The Hall–Kier alpha value is -1.06.